The van der Waals surface area contributed by atoms with Crippen LogP contribution in [0.4, 0.5) is 18.0 Å². The first-order chi connectivity index (χ1) is 18.2. The standard InChI is InChI=1S/C27H25F3N4O4/c1-15-11-33(14-31-15)22-6-3-16(8-24(22)38-2)7-17-4-5-19-12-32(27(36)37)13-23(34(19)26(17)35)18-9-20(28)25(30)21(29)10-18/h3,6-11,14,19,23H,4-5,12-13H2,1-2H3,(H,36,37)/b17-7+. The fourth-order valence-corrected chi connectivity index (χ4v) is 5.18. The Bertz CT molecular complexity index is 1430. The Kier molecular flexibility index (Phi) is 6.60. The summed E-state index contributed by atoms with van der Waals surface area (Å²) in [5.41, 5.74) is 2.79. The van der Waals surface area contributed by atoms with Gasteiger partial charge < -0.3 is 24.2 Å². The van der Waals surface area contributed by atoms with Gasteiger partial charge >= 0.3 is 6.09 Å². The Morgan fingerprint density at radius 1 is 1.16 bits per heavy atom. The number of benzene rings is 2. The van der Waals surface area contributed by atoms with Crippen LogP contribution < -0.4 is 4.74 Å². The predicted octanol–water partition coefficient (Wildman–Crippen LogP) is 4.72. The van der Waals surface area contributed by atoms with Crippen molar-refractivity contribution in [3.8, 4) is 11.4 Å². The van der Waals surface area contributed by atoms with Crippen molar-refractivity contribution >= 4 is 18.1 Å². The number of amides is 2. The molecule has 2 aromatic carbocycles. The summed E-state index contributed by atoms with van der Waals surface area (Å²) in [6, 6.07) is 5.64. The molecule has 2 saturated heterocycles. The number of aromatic nitrogens is 2. The first-order valence-electron chi connectivity index (χ1n) is 12.0. The van der Waals surface area contributed by atoms with Gasteiger partial charge in [-0.15, -0.1) is 0 Å². The molecule has 38 heavy (non-hydrogen) atoms. The molecule has 0 saturated carbocycles. The molecule has 0 bridgehead atoms. The summed E-state index contributed by atoms with van der Waals surface area (Å²) in [4.78, 5) is 32.3. The van der Waals surface area contributed by atoms with E-state index in [2.05, 4.69) is 4.98 Å². The molecule has 5 rings (SSSR count). The van der Waals surface area contributed by atoms with Crippen LogP contribution in [-0.2, 0) is 4.79 Å². The predicted molar refractivity (Wildman–Crippen MR) is 131 cm³/mol. The molecule has 2 aliphatic rings. The maximum atomic E-state index is 14.1. The maximum absolute atomic E-state index is 14.1. The van der Waals surface area contributed by atoms with Gasteiger partial charge in [0.2, 0.25) is 0 Å². The summed E-state index contributed by atoms with van der Waals surface area (Å²) < 4.78 is 49.2. The summed E-state index contributed by atoms with van der Waals surface area (Å²) in [6.07, 6.45) is 4.90. The van der Waals surface area contributed by atoms with Crippen molar-refractivity contribution in [3.05, 3.63) is 82.7 Å². The highest BCUT2D eigenvalue weighted by Gasteiger charge is 2.43. The molecule has 1 aromatic heterocycles. The number of rotatable bonds is 4. The average Bonchev–Trinajstić information content (AvgIpc) is 3.33. The van der Waals surface area contributed by atoms with Crippen LogP contribution >= 0.6 is 0 Å². The molecule has 3 heterocycles. The number of nitrogens with zero attached hydrogens (tertiary/aromatic N) is 4. The third-order valence-corrected chi connectivity index (χ3v) is 7.01. The highest BCUT2D eigenvalue weighted by molar-refractivity contribution is 5.99. The molecular weight excluding hydrogens is 501 g/mol. The minimum atomic E-state index is -1.62. The number of hydrogen-bond acceptors (Lipinski definition) is 4. The molecule has 198 valence electrons. The number of imidazole rings is 1. The van der Waals surface area contributed by atoms with Crippen LogP contribution in [0.3, 0.4) is 0 Å². The molecule has 2 amide bonds. The van der Waals surface area contributed by atoms with E-state index in [4.69, 9.17) is 4.74 Å². The molecule has 3 aromatic rings. The number of piperidine rings is 1. The summed E-state index contributed by atoms with van der Waals surface area (Å²) in [5, 5.41) is 9.60. The molecule has 1 N–H and O–H groups in total. The third-order valence-electron chi connectivity index (χ3n) is 7.01. The van der Waals surface area contributed by atoms with Crippen molar-refractivity contribution in [1.82, 2.24) is 19.4 Å². The number of carboxylic acid groups (broad SMARTS) is 1. The van der Waals surface area contributed by atoms with Crippen LogP contribution in [0.2, 0.25) is 0 Å². The maximum Gasteiger partial charge on any atom is 0.407 e. The van der Waals surface area contributed by atoms with Crippen molar-refractivity contribution in [2.75, 3.05) is 20.2 Å². The molecule has 2 aliphatic heterocycles. The topological polar surface area (TPSA) is 87.9 Å². The highest BCUT2D eigenvalue weighted by atomic mass is 19.2. The molecule has 2 fully saturated rings. The Labute approximate surface area is 216 Å². The summed E-state index contributed by atoms with van der Waals surface area (Å²) in [7, 11) is 1.55. The zero-order valence-corrected chi connectivity index (χ0v) is 20.7. The van der Waals surface area contributed by atoms with E-state index in [9.17, 15) is 27.9 Å². The zero-order valence-electron chi connectivity index (χ0n) is 20.7. The summed E-state index contributed by atoms with van der Waals surface area (Å²) in [6.45, 7) is 1.76. The van der Waals surface area contributed by atoms with Crippen LogP contribution in [0, 0.1) is 24.4 Å². The van der Waals surface area contributed by atoms with Crippen molar-refractivity contribution in [1.29, 1.82) is 0 Å². The Balaban J connectivity index is 1.49. The van der Waals surface area contributed by atoms with Crippen LogP contribution in [0.5, 0.6) is 5.75 Å². The van der Waals surface area contributed by atoms with Crippen LogP contribution in [0.25, 0.3) is 11.8 Å². The van der Waals surface area contributed by atoms with E-state index in [0.29, 0.717) is 29.7 Å². The molecule has 8 nitrogen and oxygen atoms in total. The van der Waals surface area contributed by atoms with Gasteiger partial charge in [0.1, 0.15) is 5.75 Å². The van der Waals surface area contributed by atoms with E-state index in [-0.39, 0.29) is 24.6 Å². The molecule has 2 unspecified atom stereocenters. The van der Waals surface area contributed by atoms with Gasteiger partial charge in [0.25, 0.3) is 5.91 Å². The van der Waals surface area contributed by atoms with E-state index < -0.39 is 35.6 Å². The zero-order chi connectivity index (χ0) is 27.1. The van der Waals surface area contributed by atoms with Gasteiger partial charge in [0.05, 0.1) is 36.9 Å². The lowest BCUT2D eigenvalue weighted by atomic mass is 9.89. The van der Waals surface area contributed by atoms with Gasteiger partial charge in [0, 0.05) is 24.9 Å². The van der Waals surface area contributed by atoms with Crippen LogP contribution in [-0.4, -0.2) is 62.7 Å². The fourth-order valence-electron chi connectivity index (χ4n) is 5.18. The van der Waals surface area contributed by atoms with Crippen molar-refractivity contribution in [2.45, 2.75) is 31.8 Å². The second kappa shape index (κ2) is 9.88. The SMILES string of the molecule is COc1cc(/C=C2\CCC3CN(C(=O)O)CC(c4cc(F)c(F)c(F)c4)N3C2=O)ccc1-n1cnc(C)c1. The summed E-state index contributed by atoms with van der Waals surface area (Å²) in [5.74, 6) is -4.21. The number of fused-ring (bicyclic) bond motifs is 1. The normalized spacial score (nSPS) is 20.6. The first-order valence-corrected chi connectivity index (χ1v) is 12.0. The molecule has 11 heteroatoms. The van der Waals surface area contributed by atoms with Gasteiger partial charge in [-0.1, -0.05) is 6.07 Å². The molecular formula is C27H25F3N4O4. The number of methoxy groups -OCH3 is 1. The average molecular weight is 527 g/mol. The molecule has 0 radical (unpaired) electrons. The van der Waals surface area contributed by atoms with Crippen molar-refractivity contribution < 1.29 is 32.6 Å². The monoisotopic (exact) mass is 526 g/mol. The quantitative estimate of drug-likeness (QED) is 0.393. The number of piperazine rings is 1. The van der Waals surface area contributed by atoms with Gasteiger partial charge in [-0.3, -0.25) is 4.79 Å². The van der Waals surface area contributed by atoms with Crippen LogP contribution in [0.1, 0.15) is 35.7 Å². The Hall–Kier alpha value is -4.28. The first kappa shape index (κ1) is 25.4. The minimum Gasteiger partial charge on any atom is -0.495 e. The van der Waals surface area contributed by atoms with Gasteiger partial charge in [-0.05, 0) is 61.2 Å². The van der Waals surface area contributed by atoms with E-state index in [1.807, 2.05) is 29.8 Å². The number of aryl methyl sites for hydroxylation is 1. The summed E-state index contributed by atoms with van der Waals surface area (Å²) >= 11 is 0. The lowest BCUT2D eigenvalue weighted by Crippen LogP contribution is -2.59. The Morgan fingerprint density at radius 3 is 2.53 bits per heavy atom. The number of carbonyl (C=O) groups excluding carboxylic acids is 1. The van der Waals surface area contributed by atoms with E-state index >= 15 is 0 Å². The van der Waals surface area contributed by atoms with E-state index in [1.165, 1.54) is 4.90 Å². The number of ether oxygens (including phenoxy) is 1. The highest BCUT2D eigenvalue weighted by Crippen LogP contribution is 2.38. The number of carbonyl (C=O) groups is 2. The van der Waals surface area contributed by atoms with E-state index in [1.54, 1.807) is 25.6 Å². The third kappa shape index (κ3) is 4.59. The largest absolute Gasteiger partial charge is 0.495 e. The second-order valence-electron chi connectivity index (χ2n) is 9.43. The van der Waals surface area contributed by atoms with Gasteiger partial charge in [-0.2, -0.15) is 0 Å². The smallest absolute Gasteiger partial charge is 0.407 e. The van der Waals surface area contributed by atoms with E-state index in [0.717, 1.165) is 28.4 Å². The van der Waals surface area contributed by atoms with Gasteiger partial charge in [0.15, 0.2) is 17.5 Å². The molecule has 0 aliphatic carbocycles. The lowest BCUT2D eigenvalue weighted by molar-refractivity contribution is -0.138. The van der Waals surface area contributed by atoms with Crippen molar-refractivity contribution in [2.24, 2.45) is 0 Å². The van der Waals surface area contributed by atoms with Crippen LogP contribution in [0.15, 0.2) is 48.4 Å². The Morgan fingerprint density at radius 2 is 1.89 bits per heavy atom. The van der Waals surface area contributed by atoms with Gasteiger partial charge in [-0.25, -0.2) is 22.9 Å². The lowest BCUT2D eigenvalue weighted by Gasteiger charge is -2.48. The number of hydrogen-bond donors (Lipinski definition) is 1. The molecule has 2 atom stereocenters. The molecule has 0 spiro atoms. The second-order valence-corrected chi connectivity index (χ2v) is 9.43. The van der Waals surface area contributed by atoms with Crippen molar-refractivity contribution in [3.63, 3.8) is 0 Å². The number of halogens is 3. The fraction of sp³-hybridized carbons (Fsp3) is 0.296. The minimum absolute atomic E-state index is 0.00593.